The van der Waals surface area contributed by atoms with Gasteiger partial charge in [0.1, 0.15) is 5.75 Å². The molecule has 1 atom stereocenters. The summed E-state index contributed by atoms with van der Waals surface area (Å²) < 4.78 is 41.1. The number of hydrogen-bond donors (Lipinski definition) is 1. The molecule has 18 heavy (non-hydrogen) atoms. The second-order valence-corrected chi connectivity index (χ2v) is 4.27. The van der Waals surface area contributed by atoms with Crippen molar-refractivity contribution >= 4 is 0 Å². The molecule has 0 radical (unpaired) electrons. The second kappa shape index (κ2) is 6.09. The van der Waals surface area contributed by atoms with Crippen LogP contribution in [-0.2, 0) is 0 Å². The number of rotatable bonds is 5. The molecule has 1 aromatic rings. The normalized spacial score (nSPS) is 13.4. The van der Waals surface area contributed by atoms with E-state index in [1.807, 2.05) is 6.92 Å². The molecule has 0 aromatic heterocycles. The quantitative estimate of drug-likeness (QED) is 0.875. The maximum atomic E-state index is 12.0. The summed E-state index contributed by atoms with van der Waals surface area (Å²) in [5.74, 6) is 0.509. The zero-order valence-corrected chi connectivity index (χ0v) is 10.4. The molecular formula is C13H17F3O2. The van der Waals surface area contributed by atoms with E-state index in [0.717, 1.165) is 5.56 Å². The van der Waals surface area contributed by atoms with Crippen LogP contribution in [0.2, 0.25) is 0 Å². The Morgan fingerprint density at radius 2 is 2.00 bits per heavy atom. The van der Waals surface area contributed by atoms with E-state index in [0.29, 0.717) is 11.3 Å². The molecule has 1 aromatic carbocycles. The van der Waals surface area contributed by atoms with E-state index in [9.17, 15) is 18.3 Å². The maximum absolute atomic E-state index is 12.0. The first-order valence-electron chi connectivity index (χ1n) is 5.73. The lowest BCUT2D eigenvalue weighted by Gasteiger charge is -2.15. The number of ether oxygens (including phenoxy) is 1. The van der Waals surface area contributed by atoms with E-state index in [1.54, 1.807) is 18.2 Å². The Hall–Kier alpha value is -1.23. The fourth-order valence-corrected chi connectivity index (χ4v) is 1.75. The van der Waals surface area contributed by atoms with Gasteiger partial charge in [0.05, 0.1) is 13.2 Å². The van der Waals surface area contributed by atoms with Crippen LogP contribution in [-0.4, -0.2) is 18.4 Å². The number of alkyl halides is 3. The number of hydrogen-bond acceptors (Lipinski definition) is 2. The summed E-state index contributed by atoms with van der Waals surface area (Å²) in [6.07, 6.45) is -6.00. The minimum absolute atomic E-state index is 0.0684. The maximum Gasteiger partial charge on any atom is 0.389 e. The summed E-state index contributed by atoms with van der Waals surface area (Å²) in [5, 5.41) is 9.87. The second-order valence-electron chi connectivity index (χ2n) is 4.27. The third-order valence-electron chi connectivity index (χ3n) is 2.69. The molecule has 0 saturated heterocycles. The van der Waals surface area contributed by atoms with Crippen molar-refractivity contribution in [3.63, 3.8) is 0 Å². The molecule has 102 valence electrons. The first kappa shape index (κ1) is 14.8. The topological polar surface area (TPSA) is 29.5 Å². The standard InChI is InChI=1S/C13H17F3O2/c1-9-5-6-10(12(8-9)18-2)11(17)4-3-7-13(14,15)16/h5-6,8,11,17H,3-4,7H2,1-2H3. The minimum atomic E-state index is -4.17. The molecule has 0 aliphatic rings. The van der Waals surface area contributed by atoms with E-state index in [-0.39, 0.29) is 12.8 Å². The molecule has 2 nitrogen and oxygen atoms in total. The number of aryl methyl sites for hydroxylation is 1. The third-order valence-corrected chi connectivity index (χ3v) is 2.69. The Kier molecular flexibility index (Phi) is 5.02. The molecule has 0 spiro atoms. The predicted octanol–water partition coefficient (Wildman–Crippen LogP) is 3.77. The highest BCUT2D eigenvalue weighted by Gasteiger charge is 2.27. The van der Waals surface area contributed by atoms with Crippen LogP contribution in [0.15, 0.2) is 18.2 Å². The van der Waals surface area contributed by atoms with Gasteiger partial charge in [0.2, 0.25) is 0 Å². The number of aliphatic hydroxyl groups excluding tert-OH is 1. The smallest absolute Gasteiger partial charge is 0.389 e. The van der Waals surface area contributed by atoms with E-state index in [2.05, 4.69) is 0 Å². The summed E-state index contributed by atoms with van der Waals surface area (Å²) in [6, 6.07) is 5.24. The van der Waals surface area contributed by atoms with Crippen LogP contribution in [0.3, 0.4) is 0 Å². The van der Waals surface area contributed by atoms with Crippen molar-refractivity contribution < 1.29 is 23.0 Å². The first-order valence-corrected chi connectivity index (χ1v) is 5.73. The highest BCUT2D eigenvalue weighted by molar-refractivity contribution is 5.38. The Morgan fingerprint density at radius 1 is 1.33 bits per heavy atom. The Morgan fingerprint density at radius 3 is 2.56 bits per heavy atom. The molecule has 1 rings (SSSR count). The number of halogens is 3. The molecule has 0 aliphatic heterocycles. The lowest BCUT2D eigenvalue weighted by molar-refractivity contribution is -0.136. The van der Waals surface area contributed by atoms with E-state index >= 15 is 0 Å². The molecule has 0 aliphatic carbocycles. The molecule has 0 bridgehead atoms. The molecule has 1 N–H and O–H groups in total. The van der Waals surface area contributed by atoms with E-state index < -0.39 is 18.7 Å². The van der Waals surface area contributed by atoms with Gasteiger partial charge >= 0.3 is 6.18 Å². The minimum Gasteiger partial charge on any atom is -0.496 e. The molecule has 5 heteroatoms. The van der Waals surface area contributed by atoms with Crippen LogP contribution in [0.4, 0.5) is 13.2 Å². The van der Waals surface area contributed by atoms with Crippen molar-refractivity contribution in [3.05, 3.63) is 29.3 Å². The number of aliphatic hydroxyl groups is 1. The molecule has 0 amide bonds. The van der Waals surface area contributed by atoms with Crippen LogP contribution in [0.5, 0.6) is 5.75 Å². The molecule has 1 unspecified atom stereocenters. The third kappa shape index (κ3) is 4.56. The van der Waals surface area contributed by atoms with Gasteiger partial charge in [-0.25, -0.2) is 0 Å². The predicted molar refractivity (Wildman–Crippen MR) is 62.6 cm³/mol. The van der Waals surface area contributed by atoms with Gasteiger partial charge in [0, 0.05) is 12.0 Å². The number of benzene rings is 1. The van der Waals surface area contributed by atoms with Crippen LogP contribution in [0, 0.1) is 6.92 Å². The highest BCUT2D eigenvalue weighted by Crippen LogP contribution is 2.31. The zero-order chi connectivity index (χ0) is 13.8. The van der Waals surface area contributed by atoms with Crippen molar-refractivity contribution in [2.75, 3.05) is 7.11 Å². The zero-order valence-electron chi connectivity index (χ0n) is 10.4. The lowest BCUT2D eigenvalue weighted by Crippen LogP contribution is -2.08. The number of methoxy groups -OCH3 is 1. The van der Waals surface area contributed by atoms with Gasteiger partial charge in [-0.15, -0.1) is 0 Å². The van der Waals surface area contributed by atoms with Gasteiger partial charge in [-0.1, -0.05) is 12.1 Å². The Bertz CT molecular complexity index is 388. The molecule has 0 heterocycles. The van der Waals surface area contributed by atoms with Gasteiger partial charge in [-0.3, -0.25) is 0 Å². The molecule has 0 saturated carbocycles. The molecular weight excluding hydrogens is 245 g/mol. The summed E-state index contributed by atoms with van der Waals surface area (Å²) in [5.41, 5.74) is 1.50. The van der Waals surface area contributed by atoms with Crippen LogP contribution in [0.25, 0.3) is 0 Å². The highest BCUT2D eigenvalue weighted by atomic mass is 19.4. The largest absolute Gasteiger partial charge is 0.496 e. The van der Waals surface area contributed by atoms with Gasteiger partial charge in [0.25, 0.3) is 0 Å². The van der Waals surface area contributed by atoms with Crippen molar-refractivity contribution in [1.82, 2.24) is 0 Å². The fraction of sp³-hybridized carbons (Fsp3) is 0.538. The molecule has 0 fully saturated rings. The first-order chi connectivity index (χ1) is 8.33. The van der Waals surface area contributed by atoms with E-state index in [1.165, 1.54) is 7.11 Å². The van der Waals surface area contributed by atoms with Crippen LogP contribution < -0.4 is 4.74 Å². The van der Waals surface area contributed by atoms with E-state index in [4.69, 9.17) is 4.74 Å². The SMILES string of the molecule is COc1cc(C)ccc1C(O)CCCC(F)(F)F. The Labute approximate surface area is 104 Å². The summed E-state index contributed by atoms with van der Waals surface area (Å²) in [6.45, 7) is 1.88. The monoisotopic (exact) mass is 262 g/mol. The summed E-state index contributed by atoms with van der Waals surface area (Å²) in [7, 11) is 1.47. The van der Waals surface area contributed by atoms with Gasteiger partial charge in [-0.2, -0.15) is 13.2 Å². The average Bonchev–Trinajstić information content (AvgIpc) is 2.26. The van der Waals surface area contributed by atoms with Crippen molar-refractivity contribution in [2.45, 2.75) is 38.5 Å². The van der Waals surface area contributed by atoms with Gasteiger partial charge in [-0.05, 0) is 31.4 Å². The average molecular weight is 262 g/mol. The van der Waals surface area contributed by atoms with Crippen molar-refractivity contribution in [2.24, 2.45) is 0 Å². The van der Waals surface area contributed by atoms with Crippen molar-refractivity contribution in [1.29, 1.82) is 0 Å². The van der Waals surface area contributed by atoms with Gasteiger partial charge < -0.3 is 9.84 Å². The Balaban J connectivity index is 2.64. The lowest BCUT2D eigenvalue weighted by atomic mass is 10.0. The van der Waals surface area contributed by atoms with Crippen molar-refractivity contribution in [3.8, 4) is 5.75 Å². The fourth-order valence-electron chi connectivity index (χ4n) is 1.75. The van der Waals surface area contributed by atoms with Crippen LogP contribution in [0.1, 0.15) is 36.5 Å². The van der Waals surface area contributed by atoms with Crippen LogP contribution >= 0.6 is 0 Å². The summed E-state index contributed by atoms with van der Waals surface area (Å²) in [4.78, 5) is 0. The van der Waals surface area contributed by atoms with Gasteiger partial charge in [0.15, 0.2) is 0 Å². The summed E-state index contributed by atoms with van der Waals surface area (Å²) >= 11 is 0.